The lowest BCUT2D eigenvalue weighted by atomic mass is 10.1. The first-order valence-electron chi connectivity index (χ1n) is 6.93. The maximum absolute atomic E-state index is 12.5. The fourth-order valence-corrected chi connectivity index (χ4v) is 4.78. The summed E-state index contributed by atoms with van der Waals surface area (Å²) in [5, 5.41) is 10.6. The maximum atomic E-state index is 12.5. The van der Waals surface area contributed by atoms with Crippen LogP contribution in [-0.2, 0) is 10.0 Å². The van der Waals surface area contributed by atoms with E-state index < -0.39 is 20.6 Å². The van der Waals surface area contributed by atoms with Gasteiger partial charge in [-0.2, -0.15) is 0 Å². The van der Waals surface area contributed by atoms with Crippen molar-refractivity contribution in [2.24, 2.45) is 11.7 Å². The van der Waals surface area contributed by atoms with Crippen molar-refractivity contribution in [3.05, 3.63) is 32.8 Å². The molecule has 1 aromatic rings. The Balaban J connectivity index is 2.39. The number of benzene rings is 1. The minimum absolute atomic E-state index is 0.0772. The Hall–Kier alpha value is -1.22. The van der Waals surface area contributed by atoms with Crippen LogP contribution in [0, 0.1) is 23.0 Å². The van der Waals surface area contributed by atoms with E-state index in [2.05, 4.69) is 4.72 Å². The van der Waals surface area contributed by atoms with Gasteiger partial charge in [0, 0.05) is 12.1 Å². The second-order valence-corrected chi connectivity index (χ2v) is 7.57. The number of aryl methyl sites for hydroxylation is 1. The predicted octanol–water partition coefficient (Wildman–Crippen LogP) is 1.96. The van der Waals surface area contributed by atoms with Gasteiger partial charge in [-0.3, -0.25) is 10.1 Å². The lowest BCUT2D eigenvalue weighted by Crippen LogP contribution is -2.39. The number of nitro benzene ring substituents is 1. The van der Waals surface area contributed by atoms with E-state index in [0.717, 1.165) is 12.8 Å². The molecule has 0 aliphatic heterocycles. The molecule has 0 spiro atoms. The van der Waals surface area contributed by atoms with E-state index >= 15 is 0 Å². The highest BCUT2D eigenvalue weighted by Gasteiger charge is 2.33. The van der Waals surface area contributed by atoms with Gasteiger partial charge >= 0.3 is 0 Å². The summed E-state index contributed by atoms with van der Waals surface area (Å²) in [5.41, 5.74) is 5.69. The van der Waals surface area contributed by atoms with Crippen molar-refractivity contribution in [1.29, 1.82) is 0 Å². The summed E-state index contributed by atoms with van der Waals surface area (Å²) in [6, 6.07) is 2.33. The molecule has 9 heteroatoms. The Kier molecular flexibility index (Phi) is 5.06. The Morgan fingerprint density at radius 1 is 1.45 bits per heavy atom. The molecular weight excluding hydrogens is 330 g/mol. The molecule has 0 aromatic heterocycles. The smallest absolute Gasteiger partial charge is 0.289 e. The van der Waals surface area contributed by atoms with Crippen molar-refractivity contribution < 1.29 is 13.3 Å². The molecule has 7 nitrogen and oxygen atoms in total. The molecule has 2 atom stereocenters. The Labute approximate surface area is 134 Å². The molecule has 0 amide bonds. The number of nitro groups is 1. The van der Waals surface area contributed by atoms with Crippen LogP contribution in [0.15, 0.2) is 17.0 Å². The zero-order chi connectivity index (χ0) is 16.5. The van der Waals surface area contributed by atoms with E-state index in [0.29, 0.717) is 18.5 Å². The quantitative estimate of drug-likeness (QED) is 0.624. The lowest BCUT2D eigenvalue weighted by molar-refractivity contribution is -0.385. The van der Waals surface area contributed by atoms with Crippen LogP contribution < -0.4 is 10.5 Å². The number of nitrogens with two attached hydrogens (primary N) is 1. The number of sulfonamides is 1. The molecule has 1 aliphatic rings. The van der Waals surface area contributed by atoms with E-state index in [-0.39, 0.29) is 21.9 Å². The number of hydrogen-bond donors (Lipinski definition) is 2. The number of nitrogens with zero attached hydrogens (tertiary/aromatic N) is 1. The third-order valence-corrected chi connectivity index (χ3v) is 5.94. The number of hydrogen-bond acceptors (Lipinski definition) is 5. The van der Waals surface area contributed by atoms with Gasteiger partial charge < -0.3 is 5.73 Å². The van der Waals surface area contributed by atoms with Gasteiger partial charge in [0.05, 0.1) is 4.92 Å². The van der Waals surface area contributed by atoms with Crippen LogP contribution in [0.25, 0.3) is 0 Å². The van der Waals surface area contributed by atoms with E-state index in [9.17, 15) is 18.5 Å². The average Bonchev–Trinajstić information content (AvgIpc) is 2.87. The van der Waals surface area contributed by atoms with Crippen LogP contribution in [0.3, 0.4) is 0 Å². The van der Waals surface area contributed by atoms with Gasteiger partial charge in [0.1, 0.15) is 9.92 Å². The molecule has 0 radical (unpaired) electrons. The summed E-state index contributed by atoms with van der Waals surface area (Å²) in [4.78, 5) is 10.0. The molecule has 1 aliphatic carbocycles. The third kappa shape index (κ3) is 3.40. The molecular formula is C13H18ClN3O4S. The molecule has 1 saturated carbocycles. The van der Waals surface area contributed by atoms with Crippen LogP contribution in [0.5, 0.6) is 0 Å². The van der Waals surface area contributed by atoms with Crippen LogP contribution in [0.4, 0.5) is 5.69 Å². The van der Waals surface area contributed by atoms with Gasteiger partial charge in [0.25, 0.3) is 5.69 Å². The molecule has 0 bridgehead atoms. The van der Waals surface area contributed by atoms with Gasteiger partial charge in [-0.15, -0.1) is 0 Å². The lowest BCUT2D eigenvalue weighted by Gasteiger charge is -2.20. The average molecular weight is 348 g/mol. The SMILES string of the molecule is Cc1cc([N+](=O)[O-])c(Cl)c(S(=O)(=O)NC2CCCC2CN)c1. The Bertz CT molecular complexity index is 693. The van der Waals surface area contributed by atoms with Crippen molar-refractivity contribution >= 4 is 27.3 Å². The highest BCUT2D eigenvalue weighted by molar-refractivity contribution is 7.89. The van der Waals surface area contributed by atoms with Gasteiger partial charge in [-0.05, 0) is 43.9 Å². The van der Waals surface area contributed by atoms with Crippen LogP contribution >= 0.6 is 11.6 Å². The second kappa shape index (κ2) is 6.49. The molecule has 1 aromatic carbocycles. The highest BCUT2D eigenvalue weighted by Crippen LogP contribution is 2.34. The molecule has 0 saturated heterocycles. The summed E-state index contributed by atoms with van der Waals surface area (Å²) >= 11 is 5.93. The normalized spacial score (nSPS) is 22.0. The molecule has 0 heterocycles. The largest absolute Gasteiger partial charge is 0.330 e. The predicted molar refractivity (Wildman–Crippen MR) is 83.3 cm³/mol. The minimum Gasteiger partial charge on any atom is -0.330 e. The van der Waals surface area contributed by atoms with Crippen molar-refractivity contribution in [3.8, 4) is 0 Å². The Morgan fingerprint density at radius 2 is 2.14 bits per heavy atom. The second-order valence-electron chi connectivity index (χ2n) is 5.51. The van der Waals surface area contributed by atoms with E-state index in [1.165, 1.54) is 12.1 Å². The van der Waals surface area contributed by atoms with Crippen LogP contribution in [0.1, 0.15) is 24.8 Å². The first-order chi connectivity index (χ1) is 10.3. The van der Waals surface area contributed by atoms with E-state index in [4.69, 9.17) is 17.3 Å². The van der Waals surface area contributed by atoms with Gasteiger partial charge in [-0.25, -0.2) is 13.1 Å². The first-order valence-corrected chi connectivity index (χ1v) is 8.79. The van der Waals surface area contributed by atoms with Crippen molar-refractivity contribution in [2.75, 3.05) is 6.54 Å². The minimum atomic E-state index is -3.94. The number of halogens is 1. The molecule has 1 fully saturated rings. The standard InChI is InChI=1S/C13H18ClN3O4S/c1-8-5-11(17(18)19)13(14)12(6-8)22(20,21)16-10-4-2-3-9(10)7-15/h5-6,9-10,16H,2-4,7,15H2,1H3. The van der Waals surface area contributed by atoms with Crippen LogP contribution in [0.2, 0.25) is 5.02 Å². The van der Waals surface area contributed by atoms with Gasteiger partial charge in [0.2, 0.25) is 10.0 Å². The van der Waals surface area contributed by atoms with Crippen molar-refractivity contribution in [1.82, 2.24) is 4.72 Å². The highest BCUT2D eigenvalue weighted by atomic mass is 35.5. The van der Waals surface area contributed by atoms with Gasteiger partial charge in [-0.1, -0.05) is 18.0 Å². The summed E-state index contributed by atoms with van der Waals surface area (Å²) in [7, 11) is -3.94. The third-order valence-electron chi connectivity index (χ3n) is 3.92. The number of rotatable bonds is 5. The van der Waals surface area contributed by atoms with E-state index in [1.54, 1.807) is 6.92 Å². The van der Waals surface area contributed by atoms with Crippen LogP contribution in [-0.4, -0.2) is 25.9 Å². The summed E-state index contributed by atoms with van der Waals surface area (Å²) < 4.78 is 27.7. The number of nitrogens with one attached hydrogen (secondary N) is 1. The van der Waals surface area contributed by atoms with Crippen molar-refractivity contribution in [2.45, 2.75) is 37.1 Å². The molecule has 3 N–H and O–H groups in total. The molecule has 122 valence electrons. The van der Waals surface area contributed by atoms with Gasteiger partial charge in [0.15, 0.2) is 0 Å². The topological polar surface area (TPSA) is 115 Å². The Morgan fingerprint density at radius 3 is 2.73 bits per heavy atom. The zero-order valence-corrected chi connectivity index (χ0v) is 13.7. The summed E-state index contributed by atoms with van der Waals surface area (Å²) in [6.07, 6.45) is 2.47. The fraction of sp³-hybridized carbons (Fsp3) is 0.538. The molecule has 2 rings (SSSR count). The molecule has 2 unspecified atom stereocenters. The van der Waals surface area contributed by atoms with E-state index in [1.807, 2.05) is 0 Å². The van der Waals surface area contributed by atoms with Crippen molar-refractivity contribution in [3.63, 3.8) is 0 Å². The summed E-state index contributed by atoms with van der Waals surface area (Å²) in [6.45, 7) is 1.98. The molecule has 22 heavy (non-hydrogen) atoms. The summed E-state index contributed by atoms with van der Waals surface area (Å²) in [5.74, 6) is 0.0772. The zero-order valence-electron chi connectivity index (χ0n) is 12.1. The first kappa shape index (κ1) is 17.1. The monoisotopic (exact) mass is 347 g/mol. The fourth-order valence-electron chi connectivity index (χ4n) is 2.78. The maximum Gasteiger partial charge on any atom is 0.289 e.